The van der Waals surface area contributed by atoms with Crippen molar-refractivity contribution in [2.75, 3.05) is 25.7 Å². The summed E-state index contributed by atoms with van der Waals surface area (Å²) in [5.41, 5.74) is 0. The molecule has 6 heteroatoms. The molecule has 14 heavy (non-hydrogen) atoms. The molecule has 0 heterocycles. The molecule has 0 aliphatic heterocycles. The van der Waals surface area contributed by atoms with Crippen LogP contribution in [0.25, 0.3) is 0 Å². The molecule has 0 unspecified atom stereocenters. The molecule has 0 aliphatic carbocycles. The van der Waals surface area contributed by atoms with Crippen molar-refractivity contribution in [2.24, 2.45) is 0 Å². The Hall–Kier alpha value is -0.620. The second kappa shape index (κ2) is 7.75. The summed E-state index contributed by atoms with van der Waals surface area (Å²) in [6.07, 6.45) is 0. The molecule has 0 aromatic carbocycles. The molecule has 0 spiro atoms. The van der Waals surface area contributed by atoms with Crippen LogP contribution in [0.15, 0.2) is 11.5 Å². The number of hydrogen-bond acceptors (Lipinski definition) is 6. The van der Waals surface area contributed by atoms with E-state index in [4.69, 9.17) is 0 Å². The molecular formula is C8H12O4S2. The van der Waals surface area contributed by atoms with Crippen LogP contribution < -0.4 is 0 Å². The van der Waals surface area contributed by atoms with Crippen molar-refractivity contribution in [3.63, 3.8) is 0 Å². The molecule has 0 rings (SSSR count). The SMILES string of the molecule is C=C(CSCC(=O)OC)SC(=O)OC. The van der Waals surface area contributed by atoms with E-state index in [-0.39, 0.29) is 11.7 Å². The molecule has 0 atom stereocenters. The maximum Gasteiger partial charge on any atom is 0.371 e. The van der Waals surface area contributed by atoms with E-state index in [1.165, 1.54) is 26.0 Å². The van der Waals surface area contributed by atoms with Crippen LogP contribution in [-0.4, -0.2) is 37.0 Å². The van der Waals surface area contributed by atoms with Gasteiger partial charge in [-0.25, -0.2) is 4.79 Å². The average molecular weight is 236 g/mol. The van der Waals surface area contributed by atoms with Gasteiger partial charge in [0.2, 0.25) is 0 Å². The predicted octanol–water partition coefficient (Wildman–Crippen LogP) is 1.91. The minimum absolute atomic E-state index is 0.261. The van der Waals surface area contributed by atoms with Gasteiger partial charge in [0.1, 0.15) is 0 Å². The van der Waals surface area contributed by atoms with Crippen molar-refractivity contribution in [2.45, 2.75) is 0 Å². The predicted molar refractivity (Wildman–Crippen MR) is 58.5 cm³/mol. The zero-order valence-corrected chi connectivity index (χ0v) is 9.70. The third-order valence-corrected chi connectivity index (χ3v) is 3.05. The van der Waals surface area contributed by atoms with Gasteiger partial charge in [0.15, 0.2) is 0 Å². The van der Waals surface area contributed by atoms with E-state index >= 15 is 0 Å². The molecule has 0 saturated carbocycles. The second-order valence-corrected chi connectivity index (χ2v) is 4.26. The van der Waals surface area contributed by atoms with E-state index in [9.17, 15) is 9.59 Å². The maximum atomic E-state index is 10.8. The number of thioether (sulfide) groups is 2. The van der Waals surface area contributed by atoms with Gasteiger partial charge in [-0.2, -0.15) is 0 Å². The number of esters is 1. The zero-order chi connectivity index (χ0) is 11.0. The van der Waals surface area contributed by atoms with Crippen molar-refractivity contribution in [1.82, 2.24) is 0 Å². The summed E-state index contributed by atoms with van der Waals surface area (Å²) in [6, 6.07) is 0. The Bertz CT molecular complexity index is 227. The van der Waals surface area contributed by atoms with Crippen LogP contribution in [0.2, 0.25) is 0 Å². The topological polar surface area (TPSA) is 52.6 Å². The van der Waals surface area contributed by atoms with Gasteiger partial charge in [-0.1, -0.05) is 6.58 Å². The largest absolute Gasteiger partial charge is 0.468 e. The Morgan fingerprint density at radius 3 is 2.36 bits per heavy atom. The molecule has 4 nitrogen and oxygen atoms in total. The summed E-state index contributed by atoms with van der Waals surface area (Å²) in [5.74, 6) is 0.498. The summed E-state index contributed by atoms with van der Waals surface area (Å²) >= 11 is 2.27. The summed E-state index contributed by atoms with van der Waals surface area (Å²) < 4.78 is 8.88. The Balaban J connectivity index is 3.54. The lowest BCUT2D eigenvalue weighted by Crippen LogP contribution is -2.04. The van der Waals surface area contributed by atoms with E-state index in [0.29, 0.717) is 10.7 Å². The highest BCUT2D eigenvalue weighted by Gasteiger charge is 2.06. The first-order valence-corrected chi connectivity index (χ1v) is 5.65. The lowest BCUT2D eigenvalue weighted by Gasteiger charge is -2.02. The van der Waals surface area contributed by atoms with Gasteiger partial charge in [-0.3, -0.25) is 4.79 Å². The highest BCUT2D eigenvalue weighted by Crippen LogP contribution is 2.20. The van der Waals surface area contributed by atoms with E-state index in [1.807, 2.05) is 0 Å². The minimum Gasteiger partial charge on any atom is -0.468 e. The summed E-state index contributed by atoms with van der Waals surface area (Å²) in [5, 5.41) is -0.395. The van der Waals surface area contributed by atoms with E-state index in [0.717, 1.165) is 11.8 Å². The van der Waals surface area contributed by atoms with Gasteiger partial charge in [0, 0.05) is 5.75 Å². The molecule has 0 radical (unpaired) electrons. The maximum absolute atomic E-state index is 10.8. The zero-order valence-electron chi connectivity index (χ0n) is 8.07. The van der Waals surface area contributed by atoms with Crippen LogP contribution in [-0.2, 0) is 14.3 Å². The molecule has 0 aromatic heterocycles. The van der Waals surface area contributed by atoms with Crippen LogP contribution in [0.1, 0.15) is 0 Å². The van der Waals surface area contributed by atoms with E-state index < -0.39 is 5.30 Å². The Labute approximate surface area is 91.4 Å². The van der Waals surface area contributed by atoms with Gasteiger partial charge in [-0.15, -0.1) is 11.8 Å². The molecule has 0 aromatic rings. The first-order valence-electron chi connectivity index (χ1n) is 3.68. The molecule has 0 saturated heterocycles. The van der Waals surface area contributed by atoms with Crippen LogP contribution in [0.5, 0.6) is 0 Å². The lowest BCUT2D eigenvalue weighted by atomic mass is 10.7. The van der Waals surface area contributed by atoms with Crippen molar-refractivity contribution in [1.29, 1.82) is 0 Å². The standard InChI is InChI=1S/C8H12O4S2/c1-6(14-8(10)12-3)4-13-5-7(9)11-2/h1,4-5H2,2-3H3. The van der Waals surface area contributed by atoms with E-state index in [2.05, 4.69) is 16.1 Å². The third-order valence-electron chi connectivity index (χ3n) is 1.10. The number of hydrogen-bond donors (Lipinski definition) is 0. The normalized spacial score (nSPS) is 9.29. The summed E-state index contributed by atoms with van der Waals surface area (Å²) in [4.78, 5) is 22.1. The molecule has 0 N–H and O–H groups in total. The highest BCUT2D eigenvalue weighted by atomic mass is 32.2. The van der Waals surface area contributed by atoms with Gasteiger partial charge >= 0.3 is 11.3 Å². The lowest BCUT2D eigenvalue weighted by molar-refractivity contribution is -0.137. The van der Waals surface area contributed by atoms with Gasteiger partial charge in [0.25, 0.3) is 0 Å². The van der Waals surface area contributed by atoms with Crippen LogP contribution in [0.3, 0.4) is 0 Å². The first-order chi connectivity index (χ1) is 6.60. The number of rotatable bonds is 5. The van der Waals surface area contributed by atoms with Crippen molar-refractivity contribution in [3.05, 3.63) is 11.5 Å². The van der Waals surface area contributed by atoms with Crippen molar-refractivity contribution < 1.29 is 19.1 Å². The van der Waals surface area contributed by atoms with Crippen LogP contribution >= 0.6 is 23.5 Å². The Morgan fingerprint density at radius 2 is 1.86 bits per heavy atom. The van der Waals surface area contributed by atoms with E-state index in [1.54, 1.807) is 0 Å². The fraction of sp³-hybridized carbons (Fsp3) is 0.500. The van der Waals surface area contributed by atoms with Gasteiger partial charge < -0.3 is 9.47 Å². The molecule has 0 aliphatic rings. The Kier molecular flexibility index (Phi) is 7.41. The number of ether oxygens (including phenoxy) is 2. The first kappa shape index (κ1) is 13.4. The van der Waals surface area contributed by atoms with Crippen LogP contribution in [0.4, 0.5) is 4.79 Å². The van der Waals surface area contributed by atoms with Gasteiger partial charge in [0.05, 0.1) is 20.0 Å². The van der Waals surface area contributed by atoms with Crippen molar-refractivity contribution >= 4 is 34.8 Å². The average Bonchev–Trinajstić information content (AvgIpc) is 2.17. The molecule has 80 valence electrons. The summed E-state index contributed by atoms with van der Waals surface area (Å²) in [6.45, 7) is 3.65. The monoisotopic (exact) mass is 236 g/mol. The number of carbonyl (C=O) groups excluding carboxylic acids is 2. The van der Waals surface area contributed by atoms with Crippen molar-refractivity contribution in [3.8, 4) is 0 Å². The molecule has 0 fully saturated rings. The van der Waals surface area contributed by atoms with Gasteiger partial charge in [-0.05, 0) is 16.7 Å². The quantitative estimate of drug-likeness (QED) is 0.680. The molecular weight excluding hydrogens is 224 g/mol. The fourth-order valence-electron chi connectivity index (χ4n) is 0.496. The number of carbonyl (C=O) groups is 2. The fourth-order valence-corrected chi connectivity index (χ4v) is 1.92. The Morgan fingerprint density at radius 1 is 1.21 bits per heavy atom. The van der Waals surface area contributed by atoms with Crippen LogP contribution in [0, 0.1) is 0 Å². The summed E-state index contributed by atoms with van der Waals surface area (Å²) in [7, 11) is 2.64. The smallest absolute Gasteiger partial charge is 0.371 e. The second-order valence-electron chi connectivity index (χ2n) is 2.16. The highest BCUT2D eigenvalue weighted by molar-refractivity contribution is 8.17. The molecule has 0 amide bonds. The minimum atomic E-state index is -0.395. The number of methoxy groups -OCH3 is 2. The third kappa shape index (κ3) is 6.85. The molecule has 0 bridgehead atoms.